The van der Waals surface area contributed by atoms with Crippen molar-refractivity contribution < 1.29 is 21.6 Å². The SMILES string of the molecule is CCCN(CCCCCCNCCc1ccc(S(C)(=O)=O)cc1)C1CCc2cc(OC)c(NS(C)(=O)=O)cc2C1.Cl.Cl. The molecule has 42 heavy (non-hydrogen) atoms. The molecule has 0 heterocycles. The number of hydrogen-bond acceptors (Lipinski definition) is 7. The normalized spacial score (nSPS) is 14.9. The van der Waals surface area contributed by atoms with Gasteiger partial charge in [-0.15, -0.1) is 24.8 Å². The van der Waals surface area contributed by atoms with Crippen LogP contribution in [0.2, 0.25) is 0 Å². The van der Waals surface area contributed by atoms with Crippen LogP contribution in [0.5, 0.6) is 5.75 Å². The summed E-state index contributed by atoms with van der Waals surface area (Å²) in [6.07, 6.45) is 12.1. The van der Waals surface area contributed by atoms with Gasteiger partial charge in [0.1, 0.15) is 5.75 Å². The van der Waals surface area contributed by atoms with Crippen LogP contribution in [0.15, 0.2) is 41.3 Å². The Kier molecular flexibility index (Phi) is 16.8. The number of sulfone groups is 1. The first kappa shape index (κ1) is 38.5. The van der Waals surface area contributed by atoms with Crippen molar-refractivity contribution in [2.75, 3.05) is 50.5 Å². The molecule has 1 aliphatic carbocycles. The number of fused-ring (bicyclic) bond motifs is 1. The number of unbranched alkanes of at least 4 members (excludes halogenated alkanes) is 3. The second-order valence-electron chi connectivity index (χ2n) is 11.0. The van der Waals surface area contributed by atoms with Crippen LogP contribution < -0.4 is 14.8 Å². The molecule has 0 saturated carbocycles. The molecule has 0 saturated heterocycles. The summed E-state index contributed by atoms with van der Waals surface area (Å²) in [5.41, 5.74) is 4.12. The quantitative estimate of drug-likeness (QED) is 0.222. The lowest BCUT2D eigenvalue weighted by Gasteiger charge is -2.35. The van der Waals surface area contributed by atoms with Crippen molar-refractivity contribution in [2.24, 2.45) is 0 Å². The van der Waals surface area contributed by atoms with Crippen LogP contribution in [0.3, 0.4) is 0 Å². The molecule has 1 atom stereocenters. The Morgan fingerprint density at radius 2 is 1.60 bits per heavy atom. The highest BCUT2D eigenvalue weighted by atomic mass is 35.5. The van der Waals surface area contributed by atoms with Crippen molar-refractivity contribution in [3.05, 3.63) is 53.1 Å². The maximum absolute atomic E-state index is 11.8. The highest BCUT2D eigenvalue weighted by molar-refractivity contribution is 7.92. The lowest BCUT2D eigenvalue weighted by atomic mass is 9.86. The van der Waals surface area contributed by atoms with Crippen molar-refractivity contribution in [2.45, 2.75) is 75.6 Å². The third-order valence-corrected chi connectivity index (χ3v) is 9.26. The van der Waals surface area contributed by atoms with Gasteiger partial charge in [0.05, 0.1) is 23.9 Å². The molecule has 0 aliphatic heterocycles. The second kappa shape index (κ2) is 18.3. The maximum Gasteiger partial charge on any atom is 0.229 e. The lowest BCUT2D eigenvalue weighted by Crippen LogP contribution is -2.40. The van der Waals surface area contributed by atoms with E-state index < -0.39 is 19.9 Å². The average Bonchev–Trinajstić information content (AvgIpc) is 2.89. The van der Waals surface area contributed by atoms with Gasteiger partial charge >= 0.3 is 0 Å². The molecule has 2 aromatic rings. The molecule has 3 rings (SSSR count). The van der Waals surface area contributed by atoms with E-state index in [1.54, 1.807) is 19.2 Å². The zero-order chi connectivity index (χ0) is 29.2. The molecule has 0 fully saturated rings. The topological polar surface area (TPSA) is 105 Å². The van der Waals surface area contributed by atoms with Gasteiger partial charge in [-0.2, -0.15) is 0 Å². The van der Waals surface area contributed by atoms with Crippen LogP contribution in [0.4, 0.5) is 5.69 Å². The Bertz CT molecular complexity index is 1310. The molecular formula is C30H49Cl2N3O5S2. The predicted molar refractivity (Wildman–Crippen MR) is 178 cm³/mol. The first-order valence-electron chi connectivity index (χ1n) is 14.4. The van der Waals surface area contributed by atoms with E-state index in [2.05, 4.69) is 21.9 Å². The Morgan fingerprint density at radius 3 is 2.21 bits per heavy atom. The number of nitrogens with zero attached hydrogens (tertiary/aromatic N) is 1. The van der Waals surface area contributed by atoms with Gasteiger partial charge in [-0.1, -0.05) is 31.9 Å². The Labute approximate surface area is 266 Å². The number of methoxy groups -OCH3 is 1. The summed E-state index contributed by atoms with van der Waals surface area (Å²) in [5.74, 6) is 0.575. The van der Waals surface area contributed by atoms with E-state index in [9.17, 15) is 16.8 Å². The van der Waals surface area contributed by atoms with Gasteiger partial charge in [-0.05, 0) is 112 Å². The maximum atomic E-state index is 11.8. The van der Waals surface area contributed by atoms with Crippen LogP contribution in [0.1, 0.15) is 62.1 Å². The molecule has 0 amide bonds. The van der Waals surface area contributed by atoms with Crippen molar-refractivity contribution in [3.63, 3.8) is 0 Å². The molecule has 0 aromatic heterocycles. The van der Waals surface area contributed by atoms with Crippen LogP contribution in [-0.4, -0.2) is 73.6 Å². The van der Waals surface area contributed by atoms with Gasteiger partial charge < -0.3 is 15.0 Å². The number of benzene rings is 2. The number of sulfonamides is 1. The van der Waals surface area contributed by atoms with Crippen molar-refractivity contribution in [1.82, 2.24) is 10.2 Å². The Hall–Kier alpha value is -1.56. The predicted octanol–water partition coefficient (Wildman–Crippen LogP) is 5.28. The largest absolute Gasteiger partial charge is 0.495 e. The van der Waals surface area contributed by atoms with Gasteiger partial charge in [0.25, 0.3) is 0 Å². The van der Waals surface area contributed by atoms with Crippen LogP contribution in [0.25, 0.3) is 0 Å². The molecule has 1 aliphatic rings. The minimum Gasteiger partial charge on any atom is -0.495 e. The number of halogens is 2. The molecule has 0 bridgehead atoms. The third kappa shape index (κ3) is 12.6. The van der Waals surface area contributed by atoms with Crippen molar-refractivity contribution in [1.29, 1.82) is 0 Å². The van der Waals surface area contributed by atoms with Gasteiger partial charge in [0.15, 0.2) is 9.84 Å². The molecule has 12 heteroatoms. The van der Waals surface area contributed by atoms with Crippen LogP contribution in [-0.2, 0) is 39.1 Å². The van der Waals surface area contributed by atoms with E-state index in [4.69, 9.17) is 4.74 Å². The number of rotatable bonds is 17. The van der Waals surface area contributed by atoms with E-state index in [1.807, 2.05) is 24.3 Å². The van der Waals surface area contributed by atoms with E-state index in [0.717, 1.165) is 76.5 Å². The van der Waals surface area contributed by atoms with Crippen molar-refractivity contribution >= 4 is 50.4 Å². The summed E-state index contributed by atoms with van der Waals surface area (Å²) in [6.45, 7) is 6.28. The molecule has 2 N–H and O–H groups in total. The van der Waals surface area contributed by atoms with E-state index in [1.165, 1.54) is 36.6 Å². The third-order valence-electron chi connectivity index (χ3n) is 7.54. The summed E-state index contributed by atoms with van der Waals surface area (Å²) in [7, 11) is -4.95. The molecule has 0 radical (unpaired) electrons. The summed E-state index contributed by atoms with van der Waals surface area (Å²) in [6, 6.07) is 11.6. The number of ether oxygens (including phenoxy) is 1. The molecule has 1 unspecified atom stereocenters. The second-order valence-corrected chi connectivity index (χ2v) is 14.7. The first-order valence-corrected chi connectivity index (χ1v) is 18.2. The Balaban J connectivity index is 0.00000441. The monoisotopic (exact) mass is 665 g/mol. The smallest absolute Gasteiger partial charge is 0.229 e. The highest BCUT2D eigenvalue weighted by Gasteiger charge is 2.25. The van der Waals surface area contributed by atoms with E-state index in [-0.39, 0.29) is 24.8 Å². The first-order chi connectivity index (χ1) is 19.0. The van der Waals surface area contributed by atoms with Gasteiger partial charge in [0, 0.05) is 12.3 Å². The zero-order valence-electron chi connectivity index (χ0n) is 25.4. The fraction of sp³-hybridized carbons (Fsp3) is 0.600. The summed E-state index contributed by atoms with van der Waals surface area (Å²) in [4.78, 5) is 3.00. The number of anilines is 1. The minimum atomic E-state index is -3.38. The summed E-state index contributed by atoms with van der Waals surface area (Å²) in [5, 5.41) is 3.51. The summed E-state index contributed by atoms with van der Waals surface area (Å²) < 4.78 is 54.9. The van der Waals surface area contributed by atoms with Crippen LogP contribution in [0, 0.1) is 0 Å². The average molecular weight is 667 g/mol. The zero-order valence-corrected chi connectivity index (χ0v) is 28.6. The molecule has 240 valence electrons. The number of nitrogens with one attached hydrogen (secondary N) is 2. The fourth-order valence-electron chi connectivity index (χ4n) is 5.47. The fourth-order valence-corrected chi connectivity index (χ4v) is 6.66. The van der Waals surface area contributed by atoms with Gasteiger partial charge in [-0.25, -0.2) is 16.8 Å². The number of hydrogen-bond donors (Lipinski definition) is 2. The molecule has 8 nitrogen and oxygen atoms in total. The highest BCUT2D eigenvalue weighted by Crippen LogP contribution is 2.34. The van der Waals surface area contributed by atoms with Crippen molar-refractivity contribution in [3.8, 4) is 5.75 Å². The minimum absolute atomic E-state index is 0. The Morgan fingerprint density at radius 1 is 0.905 bits per heavy atom. The van der Waals surface area contributed by atoms with E-state index in [0.29, 0.717) is 22.4 Å². The number of aryl methyl sites for hydroxylation is 1. The lowest BCUT2D eigenvalue weighted by molar-refractivity contribution is 0.176. The van der Waals surface area contributed by atoms with E-state index >= 15 is 0 Å². The molecule has 2 aromatic carbocycles. The van der Waals surface area contributed by atoms with Crippen LogP contribution >= 0.6 is 24.8 Å². The molecular weight excluding hydrogens is 617 g/mol. The van der Waals surface area contributed by atoms with Gasteiger partial charge in [0.2, 0.25) is 10.0 Å². The standard InChI is InChI=1S/C30H47N3O5S2.2ClH/c1-5-19-33(27-13-12-25-23-30(38-2)29(22-26(25)21-27)32-40(4,36)37)20-9-7-6-8-17-31-18-16-24-10-14-28(15-11-24)39(3,34)35;;/h10-11,14-15,22-23,27,31-32H,5-9,12-13,16-21H2,1-4H3;2*1H. The molecule has 0 spiro atoms. The van der Waals surface area contributed by atoms with Gasteiger partial charge in [-0.3, -0.25) is 4.72 Å². The summed E-state index contributed by atoms with van der Waals surface area (Å²) >= 11 is 0.